The van der Waals surface area contributed by atoms with Crippen molar-refractivity contribution >= 4 is 51.6 Å². The Bertz CT molecular complexity index is 976. The molecule has 1 heterocycles. The van der Waals surface area contributed by atoms with Crippen LogP contribution in [-0.4, -0.2) is 21.8 Å². The summed E-state index contributed by atoms with van der Waals surface area (Å²) in [4.78, 5) is 17.8. The van der Waals surface area contributed by atoms with Crippen molar-refractivity contribution in [2.75, 3.05) is 11.1 Å². The summed E-state index contributed by atoms with van der Waals surface area (Å²) in [5, 5.41) is 4.40. The predicted molar refractivity (Wildman–Crippen MR) is 116 cm³/mol. The van der Waals surface area contributed by atoms with Crippen LogP contribution in [0.5, 0.6) is 0 Å². The van der Waals surface area contributed by atoms with E-state index < -0.39 is 0 Å². The maximum Gasteiger partial charge on any atom is 0.248 e. The first-order chi connectivity index (χ1) is 13.0. The zero-order valence-electron chi connectivity index (χ0n) is 15.1. The number of amides is 1. The Morgan fingerprint density at radius 3 is 2.63 bits per heavy atom. The zero-order chi connectivity index (χ0) is 19.2. The van der Waals surface area contributed by atoms with Gasteiger partial charge in [0.2, 0.25) is 5.91 Å². The Kier molecular flexibility index (Phi) is 6.26. The van der Waals surface area contributed by atoms with E-state index in [-0.39, 0.29) is 11.7 Å². The monoisotopic (exact) mass is 396 g/mol. The molecular weight excluding hydrogens is 376 g/mol. The van der Waals surface area contributed by atoms with Gasteiger partial charge in [0.15, 0.2) is 5.11 Å². The number of pyridine rings is 1. The summed E-state index contributed by atoms with van der Waals surface area (Å²) in [5.41, 5.74) is 9.23. The van der Waals surface area contributed by atoms with Crippen LogP contribution in [0.3, 0.4) is 0 Å². The molecule has 0 aliphatic carbocycles. The van der Waals surface area contributed by atoms with E-state index in [1.165, 1.54) is 17.3 Å². The fraction of sp³-hybridized carbons (Fsp3) is 0.150. The maximum absolute atomic E-state index is 12.2. The number of benzene rings is 2. The van der Waals surface area contributed by atoms with Crippen molar-refractivity contribution in [2.45, 2.75) is 18.7 Å². The lowest BCUT2D eigenvalue weighted by Gasteiger charge is -2.12. The second-order valence-corrected chi connectivity index (χ2v) is 7.49. The number of para-hydroxylation sites is 1. The van der Waals surface area contributed by atoms with Crippen molar-refractivity contribution in [3.63, 3.8) is 0 Å². The van der Waals surface area contributed by atoms with Crippen LogP contribution in [0.2, 0.25) is 0 Å². The van der Waals surface area contributed by atoms with Crippen molar-refractivity contribution in [1.82, 2.24) is 15.8 Å². The van der Waals surface area contributed by atoms with E-state index >= 15 is 0 Å². The molecule has 0 spiro atoms. The molecule has 0 fully saturated rings. The van der Waals surface area contributed by atoms with Gasteiger partial charge in [0, 0.05) is 21.7 Å². The van der Waals surface area contributed by atoms with Crippen LogP contribution in [0.15, 0.2) is 59.5 Å². The zero-order valence-corrected chi connectivity index (χ0v) is 16.7. The Balaban J connectivity index is 1.55. The van der Waals surface area contributed by atoms with Gasteiger partial charge in [0.05, 0.1) is 11.3 Å². The Labute approximate surface area is 167 Å². The number of carbonyl (C=O) groups excluding carboxylic acids is 1. The molecule has 3 rings (SSSR count). The molecule has 0 aliphatic heterocycles. The number of anilines is 1. The number of rotatable bonds is 4. The lowest BCUT2D eigenvalue weighted by molar-refractivity contribution is -0.119. The van der Waals surface area contributed by atoms with Crippen LogP contribution in [0.1, 0.15) is 11.3 Å². The number of thiocarbonyl (C=S) groups is 1. The number of aryl methyl sites for hydroxylation is 2. The summed E-state index contributed by atoms with van der Waals surface area (Å²) in [6.45, 7) is 4.00. The number of aromatic nitrogens is 1. The summed E-state index contributed by atoms with van der Waals surface area (Å²) >= 11 is 6.66. The average Bonchev–Trinajstić information content (AvgIpc) is 2.65. The number of hydrogen-bond acceptors (Lipinski definition) is 4. The van der Waals surface area contributed by atoms with Crippen molar-refractivity contribution in [3.8, 4) is 0 Å². The Morgan fingerprint density at radius 2 is 1.85 bits per heavy atom. The lowest BCUT2D eigenvalue weighted by atomic mass is 10.1. The molecule has 1 aromatic heterocycles. The van der Waals surface area contributed by atoms with Crippen LogP contribution in [-0.2, 0) is 4.79 Å². The Hall–Kier alpha value is -2.64. The molecule has 138 valence electrons. The molecule has 0 saturated carbocycles. The van der Waals surface area contributed by atoms with Gasteiger partial charge in [0.1, 0.15) is 0 Å². The molecule has 0 aliphatic rings. The predicted octanol–water partition coefficient (Wildman–Crippen LogP) is 3.96. The van der Waals surface area contributed by atoms with Gasteiger partial charge in [-0.05, 0) is 56.4 Å². The van der Waals surface area contributed by atoms with Crippen molar-refractivity contribution in [1.29, 1.82) is 0 Å². The highest BCUT2D eigenvalue weighted by molar-refractivity contribution is 8.00. The van der Waals surface area contributed by atoms with Gasteiger partial charge in [-0.15, -0.1) is 11.8 Å². The first-order valence-electron chi connectivity index (χ1n) is 8.43. The minimum atomic E-state index is -0.160. The molecule has 0 bridgehead atoms. The standard InChI is InChI=1S/C20H20N4OS2/c1-13-8-9-17-16(10-13)18(11-14(2)21-17)27-12-19(25)23-24-20(26)22-15-6-4-3-5-7-15/h3-11H,12H2,1-2H3,(H,23,25)(H2,22,24,26). The molecule has 2 aromatic carbocycles. The van der Waals surface area contributed by atoms with E-state index in [0.717, 1.165) is 27.2 Å². The number of fused-ring (bicyclic) bond motifs is 1. The fourth-order valence-corrected chi connectivity index (χ4v) is 3.64. The van der Waals surface area contributed by atoms with Gasteiger partial charge in [-0.3, -0.25) is 20.6 Å². The molecule has 27 heavy (non-hydrogen) atoms. The minimum absolute atomic E-state index is 0.160. The summed E-state index contributed by atoms with van der Waals surface area (Å²) in [7, 11) is 0. The van der Waals surface area contributed by atoms with Crippen LogP contribution in [0.25, 0.3) is 10.9 Å². The van der Waals surface area contributed by atoms with Crippen molar-refractivity contribution in [3.05, 3.63) is 65.9 Å². The highest BCUT2D eigenvalue weighted by Crippen LogP contribution is 2.28. The fourth-order valence-electron chi connectivity index (χ4n) is 2.54. The molecule has 0 unspecified atom stereocenters. The van der Waals surface area contributed by atoms with E-state index in [2.05, 4.69) is 27.2 Å². The summed E-state index contributed by atoms with van der Waals surface area (Å²) in [6.07, 6.45) is 0. The van der Waals surface area contributed by atoms with E-state index in [1.807, 2.05) is 62.4 Å². The molecule has 0 saturated heterocycles. The van der Waals surface area contributed by atoms with E-state index in [9.17, 15) is 4.79 Å². The highest BCUT2D eigenvalue weighted by atomic mass is 32.2. The molecule has 0 radical (unpaired) electrons. The number of hydrogen-bond donors (Lipinski definition) is 3. The van der Waals surface area contributed by atoms with E-state index in [1.54, 1.807) is 0 Å². The van der Waals surface area contributed by atoms with Crippen molar-refractivity contribution in [2.24, 2.45) is 0 Å². The quantitative estimate of drug-likeness (QED) is 0.352. The number of thioether (sulfide) groups is 1. The maximum atomic E-state index is 12.2. The molecule has 0 atom stereocenters. The molecular formula is C20H20N4OS2. The first kappa shape index (κ1) is 19.1. The SMILES string of the molecule is Cc1ccc2nc(C)cc(SCC(=O)NNC(=S)Nc3ccccc3)c2c1. The van der Waals surface area contributed by atoms with Gasteiger partial charge in [0.25, 0.3) is 0 Å². The third-order valence-electron chi connectivity index (χ3n) is 3.76. The third-order valence-corrected chi connectivity index (χ3v) is 5.02. The Morgan fingerprint density at radius 1 is 1.07 bits per heavy atom. The van der Waals surface area contributed by atoms with Gasteiger partial charge >= 0.3 is 0 Å². The number of hydrazine groups is 1. The van der Waals surface area contributed by atoms with Crippen LogP contribution in [0, 0.1) is 13.8 Å². The molecule has 3 aromatic rings. The summed E-state index contributed by atoms with van der Waals surface area (Å²) in [5.74, 6) is 0.112. The van der Waals surface area contributed by atoms with Crippen LogP contribution >= 0.6 is 24.0 Å². The number of nitrogens with one attached hydrogen (secondary N) is 3. The minimum Gasteiger partial charge on any atom is -0.331 e. The van der Waals surface area contributed by atoms with Gasteiger partial charge < -0.3 is 5.32 Å². The van der Waals surface area contributed by atoms with Gasteiger partial charge in [-0.2, -0.15) is 0 Å². The largest absolute Gasteiger partial charge is 0.331 e. The molecule has 5 nitrogen and oxygen atoms in total. The first-order valence-corrected chi connectivity index (χ1v) is 9.82. The summed E-state index contributed by atoms with van der Waals surface area (Å²) < 4.78 is 0. The molecule has 7 heteroatoms. The highest BCUT2D eigenvalue weighted by Gasteiger charge is 2.09. The lowest BCUT2D eigenvalue weighted by Crippen LogP contribution is -2.44. The third kappa shape index (κ3) is 5.42. The van der Waals surface area contributed by atoms with Crippen LogP contribution < -0.4 is 16.2 Å². The normalized spacial score (nSPS) is 10.4. The number of nitrogens with zero attached hydrogens (tertiary/aromatic N) is 1. The van der Waals surface area contributed by atoms with Crippen LogP contribution in [0.4, 0.5) is 5.69 Å². The molecule has 1 amide bonds. The second-order valence-electron chi connectivity index (χ2n) is 6.06. The van der Waals surface area contributed by atoms with E-state index in [0.29, 0.717) is 5.11 Å². The topological polar surface area (TPSA) is 66.0 Å². The number of carbonyl (C=O) groups is 1. The average molecular weight is 397 g/mol. The second kappa shape index (κ2) is 8.83. The van der Waals surface area contributed by atoms with E-state index in [4.69, 9.17) is 12.2 Å². The summed E-state index contributed by atoms with van der Waals surface area (Å²) in [6, 6.07) is 17.7. The smallest absolute Gasteiger partial charge is 0.248 e. The molecule has 3 N–H and O–H groups in total. The van der Waals surface area contributed by atoms with Gasteiger partial charge in [-0.1, -0.05) is 29.8 Å². The van der Waals surface area contributed by atoms with Crippen molar-refractivity contribution < 1.29 is 4.79 Å². The van der Waals surface area contributed by atoms with Gasteiger partial charge in [-0.25, -0.2) is 0 Å².